The van der Waals surface area contributed by atoms with Gasteiger partial charge in [-0.3, -0.25) is 4.79 Å². The lowest BCUT2D eigenvalue weighted by Crippen LogP contribution is -2.12. The second-order valence-electron chi connectivity index (χ2n) is 7.23. The van der Waals surface area contributed by atoms with Gasteiger partial charge in [-0.25, -0.2) is 4.98 Å². The largest absolute Gasteiger partial charge is 0.481 e. The van der Waals surface area contributed by atoms with E-state index in [0.29, 0.717) is 23.1 Å². The lowest BCUT2D eigenvalue weighted by molar-refractivity contribution is 0.103. The van der Waals surface area contributed by atoms with Gasteiger partial charge in [0.2, 0.25) is 11.7 Å². The molecule has 0 N–H and O–H groups in total. The van der Waals surface area contributed by atoms with E-state index in [0.717, 1.165) is 5.56 Å². The Hall–Kier alpha value is -2.16. The fraction of sp³-hybridized carbons (Fsp3) is 0.400. The van der Waals surface area contributed by atoms with Crippen LogP contribution < -0.4 is 4.74 Å². The molecule has 0 spiro atoms. The molecule has 120 valence electrons. The normalized spacial score (nSPS) is 14.6. The van der Waals surface area contributed by atoms with E-state index in [-0.39, 0.29) is 11.2 Å². The highest BCUT2D eigenvalue weighted by Crippen LogP contribution is 2.43. The zero-order chi connectivity index (χ0) is 16.6. The number of hydrogen-bond acceptors (Lipinski definition) is 3. The number of methoxy groups -OCH3 is 1. The number of pyridine rings is 1. The first-order valence-electron chi connectivity index (χ1n) is 8.10. The van der Waals surface area contributed by atoms with E-state index in [1.807, 2.05) is 36.4 Å². The Labute approximate surface area is 137 Å². The molecule has 1 aromatic heterocycles. The molecular weight excluding hydrogens is 286 g/mol. The van der Waals surface area contributed by atoms with E-state index in [4.69, 9.17) is 4.74 Å². The van der Waals surface area contributed by atoms with E-state index < -0.39 is 0 Å². The Bertz CT molecular complexity index is 722. The SMILES string of the molecule is COc1nc(C(=O)c2ccc(C(C)(C)C)cc2)ccc1C1CC1. The summed E-state index contributed by atoms with van der Waals surface area (Å²) in [6.45, 7) is 6.48. The quantitative estimate of drug-likeness (QED) is 0.781. The molecule has 0 atom stereocenters. The molecule has 0 amide bonds. The maximum atomic E-state index is 12.7. The second-order valence-corrected chi connectivity index (χ2v) is 7.23. The van der Waals surface area contributed by atoms with Crippen LogP contribution in [-0.4, -0.2) is 17.9 Å². The molecule has 0 saturated heterocycles. The van der Waals surface area contributed by atoms with Crippen LogP contribution in [0.15, 0.2) is 36.4 Å². The first-order chi connectivity index (χ1) is 10.9. The first kappa shape index (κ1) is 15.7. The number of aromatic nitrogens is 1. The molecule has 1 aliphatic rings. The van der Waals surface area contributed by atoms with Gasteiger partial charge in [0, 0.05) is 11.1 Å². The van der Waals surface area contributed by atoms with Crippen molar-refractivity contribution in [2.24, 2.45) is 0 Å². The summed E-state index contributed by atoms with van der Waals surface area (Å²) in [6, 6.07) is 11.6. The van der Waals surface area contributed by atoms with Gasteiger partial charge in [-0.1, -0.05) is 51.1 Å². The maximum Gasteiger partial charge on any atom is 0.217 e. The zero-order valence-corrected chi connectivity index (χ0v) is 14.2. The molecule has 23 heavy (non-hydrogen) atoms. The van der Waals surface area contributed by atoms with Crippen LogP contribution in [-0.2, 0) is 5.41 Å². The minimum atomic E-state index is -0.0638. The van der Waals surface area contributed by atoms with Crippen molar-refractivity contribution in [1.29, 1.82) is 0 Å². The highest BCUT2D eigenvalue weighted by molar-refractivity contribution is 6.07. The number of benzene rings is 1. The summed E-state index contributed by atoms with van der Waals surface area (Å²) in [5.41, 5.74) is 3.51. The summed E-state index contributed by atoms with van der Waals surface area (Å²) >= 11 is 0. The summed E-state index contributed by atoms with van der Waals surface area (Å²) in [5, 5.41) is 0. The molecule has 1 saturated carbocycles. The fourth-order valence-electron chi connectivity index (χ4n) is 2.72. The van der Waals surface area contributed by atoms with Gasteiger partial charge in [0.1, 0.15) is 5.69 Å². The molecule has 0 radical (unpaired) electrons. The third-order valence-electron chi connectivity index (χ3n) is 4.35. The van der Waals surface area contributed by atoms with Crippen molar-refractivity contribution in [3.05, 3.63) is 58.8 Å². The minimum Gasteiger partial charge on any atom is -0.481 e. The van der Waals surface area contributed by atoms with Crippen LogP contribution in [0.25, 0.3) is 0 Å². The van der Waals surface area contributed by atoms with Crippen LogP contribution in [0.5, 0.6) is 5.88 Å². The van der Waals surface area contributed by atoms with Crippen molar-refractivity contribution in [1.82, 2.24) is 4.98 Å². The predicted octanol–water partition coefficient (Wildman–Crippen LogP) is 4.50. The highest BCUT2D eigenvalue weighted by atomic mass is 16.5. The van der Waals surface area contributed by atoms with Gasteiger partial charge in [0.15, 0.2) is 0 Å². The monoisotopic (exact) mass is 309 g/mol. The number of ketones is 1. The minimum absolute atomic E-state index is 0.0638. The Kier molecular flexibility index (Phi) is 3.97. The molecule has 1 fully saturated rings. The van der Waals surface area contributed by atoms with Crippen molar-refractivity contribution in [2.45, 2.75) is 44.9 Å². The lowest BCUT2D eigenvalue weighted by atomic mass is 9.86. The van der Waals surface area contributed by atoms with Gasteiger partial charge in [-0.15, -0.1) is 0 Å². The lowest BCUT2D eigenvalue weighted by Gasteiger charge is -2.19. The van der Waals surface area contributed by atoms with E-state index in [9.17, 15) is 4.79 Å². The maximum absolute atomic E-state index is 12.7. The summed E-state index contributed by atoms with van der Waals surface area (Å²) in [4.78, 5) is 17.1. The van der Waals surface area contributed by atoms with Gasteiger partial charge in [0.05, 0.1) is 7.11 Å². The molecule has 1 aromatic carbocycles. The molecule has 3 nitrogen and oxygen atoms in total. The second kappa shape index (κ2) is 5.80. The van der Waals surface area contributed by atoms with Crippen LogP contribution in [0.3, 0.4) is 0 Å². The van der Waals surface area contributed by atoms with Crippen LogP contribution in [0.1, 0.15) is 66.7 Å². The van der Waals surface area contributed by atoms with Crippen molar-refractivity contribution in [3.8, 4) is 5.88 Å². The summed E-state index contributed by atoms with van der Waals surface area (Å²) in [6.07, 6.45) is 2.36. The number of carbonyl (C=O) groups excluding carboxylic acids is 1. The zero-order valence-electron chi connectivity index (χ0n) is 14.2. The van der Waals surface area contributed by atoms with E-state index in [2.05, 4.69) is 25.8 Å². The van der Waals surface area contributed by atoms with Crippen LogP contribution in [0.4, 0.5) is 0 Å². The molecule has 1 aliphatic carbocycles. The van der Waals surface area contributed by atoms with Crippen molar-refractivity contribution < 1.29 is 9.53 Å². The molecular formula is C20H23NO2. The third-order valence-corrected chi connectivity index (χ3v) is 4.35. The number of hydrogen-bond donors (Lipinski definition) is 0. The predicted molar refractivity (Wildman–Crippen MR) is 91.3 cm³/mol. The smallest absolute Gasteiger partial charge is 0.217 e. The molecule has 0 bridgehead atoms. The van der Waals surface area contributed by atoms with Crippen molar-refractivity contribution in [2.75, 3.05) is 7.11 Å². The highest BCUT2D eigenvalue weighted by Gasteiger charge is 2.28. The fourth-order valence-corrected chi connectivity index (χ4v) is 2.72. The molecule has 3 heteroatoms. The van der Waals surface area contributed by atoms with Gasteiger partial charge < -0.3 is 4.74 Å². The molecule has 0 aliphatic heterocycles. The van der Waals surface area contributed by atoms with Gasteiger partial charge in [0.25, 0.3) is 0 Å². The molecule has 1 heterocycles. The topological polar surface area (TPSA) is 39.2 Å². The van der Waals surface area contributed by atoms with Gasteiger partial charge in [-0.2, -0.15) is 0 Å². The van der Waals surface area contributed by atoms with E-state index in [1.54, 1.807) is 7.11 Å². The van der Waals surface area contributed by atoms with Gasteiger partial charge >= 0.3 is 0 Å². The van der Waals surface area contributed by atoms with E-state index in [1.165, 1.54) is 18.4 Å². The molecule has 2 aromatic rings. The van der Waals surface area contributed by atoms with Crippen molar-refractivity contribution in [3.63, 3.8) is 0 Å². The standard InChI is InChI=1S/C20H23NO2/c1-20(2,3)15-9-7-14(8-10-15)18(22)17-12-11-16(13-5-6-13)19(21-17)23-4/h7-13H,5-6H2,1-4H3. The van der Waals surface area contributed by atoms with Crippen molar-refractivity contribution >= 4 is 5.78 Å². The summed E-state index contributed by atoms with van der Waals surface area (Å²) < 4.78 is 5.37. The number of ether oxygens (including phenoxy) is 1. The Morgan fingerprint density at radius 3 is 2.26 bits per heavy atom. The van der Waals surface area contributed by atoms with E-state index >= 15 is 0 Å². The molecule has 3 rings (SSSR count). The Balaban J connectivity index is 1.88. The summed E-state index contributed by atoms with van der Waals surface area (Å²) in [5.74, 6) is 1.07. The van der Waals surface area contributed by atoms with Crippen LogP contribution in [0, 0.1) is 0 Å². The Morgan fingerprint density at radius 1 is 1.09 bits per heavy atom. The van der Waals surface area contributed by atoms with Crippen LogP contribution >= 0.6 is 0 Å². The summed E-state index contributed by atoms with van der Waals surface area (Å²) in [7, 11) is 1.61. The third kappa shape index (κ3) is 3.29. The average molecular weight is 309 g/mol. The Morgan fingerprint density at radius 2 is 1.74 bits per heavy atom. The number of carbonyl (C=O) groups is 1. The number of rotatable bonds is 4. The van der Waals surface area contributed by atoms with Crippen LogP contribution in [0.2, 0.25) is 0 Å². The average Bonchev–Trinajstić information content (AvgIpc) is 3.37. The van der Waals surface area contributed by atoms with Gasteiger partial charge in [-0.05, 0) is 35.8 Å². The first-order valence-corrected chi connectivity index (χ1v) is 8.10. The number of nitrogens with zero attached hydrogens (tertiary/aromatic N) is 1. The molecule has 0 unspecified atom stereocenters.